The first-order valence-electron chi connectivity index (χ1n) is 5.64. The first kappa shape index (κ1) is 14.0. The van der Waals surface area contributed by atoms with Crippen LogP contribution in [0.2, 0.25) is 0 Å². The second kappa shape index (κ2) is 6.12. The van der Waals surface area contributed by atoms with E-state index in [0.29, 0.717) is 12.4 Å². The molecule has 5 nitrogen and oxygen atoms in total. The fraction of sp³-hybridized carbons (Fsp3) is 0.250. The maximum atomic E-state index is 11.7. The summed E-state index contributed by atoms with van der Waals surface area (Å²) >= 11 is 4.71. The number of anilines is 1. The Balaban J connectivity index is 1.92. The molecule has 0 saturated heterocycles. The molecule has 0 atom stereocenters. The fourth-order valence-corrected chi connectivity index (χ4v) is 2.75. The summed E-state index contributed by atoms with van der Waals surface area (Å²) in [7, 11) is 0. The third-order valence-electron chi connectivity index (χ3n) is 2.34. The average molecular weight is 341 g/mol. The molecule has 0 aromatic carbocycles. The van der Waals surface area contributed by atoms with Gasteiger partial charge in [-0.15, -0.1) is 0 Å². The van der Waals surface area contributed by atoms with Crippen molar-refractivity contribution in [3.63, 3.8) is 0 Å². The van der Waals surface area contributed by atoms with Crippen LogP contribution < -0.4 is 10.6 Å². The first-order chi connectivity index (χ1) is 9.04. The predicted octanol–water partition coefficient (Wildman–Crippen LogP) is 3.24. The molecule has 2 heterocycles. The molecule has 0 spiro atoms. The fourth-order valence-electron chi connectivity index (χ4n) is 1.60. The number of amides is 2. The number of rotatable bonds is 3. The zero-order valence-corrected chi connectivity index (χ0v) is 12.9. The molecule has 0 saturated carbocycles. The Morgan fingerprint density at radius 1 is 1.42 bits per heavy atom. The molecular weight excluding hydrogens is 328 g/mol. The lowest BCUT2D eigenvalue weighted by Gasteiger charge is -2.07. The van der Waals surface area contributed by atoms with Gasteiger partial charge in [0.05, 0.1) is 22.1 Å². The van der Waals surface area contributed by atoms with Crippen molar-refractivity contribution in [3.05, 3.63) is 38.9 Å². The minimum absolute atomic E-state index is 0.280. The van der Waals surface area contributed by atoms with Crippen LogP contribution in [0.25, 0.3) is 0 Å². The maximum Gasteiger partial charge on any atom is 0.320 e. The third-order valence-corrected chi connectivity index (χ3v) is 4.09. The summed E-state index contributed by atoms with van der Waals surface area (Å²) in [5.41, 5.74) is 1.94. The van der Waals surface area contributed by atoms with Crippen LogP contribution in [0.5, 0.6) is 0 Å². The van der Waals surface area contributed by atoms with Gasteiger partial charge >= 0.3 is 6.03 Å². The number of hydrogen-bond donors (Lipinski definition) is 2. The van der Waals surface area contributed by atoms with E-state index in [-0.39, 0.29) is 6.03 Å². The minimum Gasteiger partial charge on any atom is -0.333 e. The molecule has 0 aliphatic carbocycles. The van der Waals surface area contributed by atoms with Crippen molar-refractivity contribution in [1.82, 2.24) is 14.7 Å². The maximum absolute atomic E-state index is 11.7. The smallest absolute Gasteiger partial charge is 0.320 e. The van der Waals surface area contributed by atoms with Crippen LogP contribution in [-0.2, 0) is 6.54 Å². The molecular formula is C12H13BrN4OS. The van der Waals surface area contributed by atoms with Gasteiger partial charge in [-0.1, -0.05) is 0 Å². The van der Waals surface area contributed by atoms with Crippen LogP contribution >= 0.6 is 27.5 Å². The van der Waals surface area contributed by atoms with Crippen LogP contribution in [0.3, 0.4) is 0 Å². The number of halogens is 1. The van der Waals surface area contributed by atoms with E-state index in [9.17, 15) is 4.79 Å². The van der Waals surface area contributed by atoms with Crippen LogP contribution in [-0.4, -0.2) is 15.4 Å². The van der Waals surface area contributed by atoms with E-state index in [2.05, 4.69) is 35.9 Å². The molecule has 0 aliphatic heterocycles. The summed E-state index contributed by atoms with van der Waals surface area (Å²) in [5, 5.41) is 5.48. The lowest BCUT2D eigenvalue weighted by molar-refractivity contribution is 0.251. The van der Waals surface area contributed by atoms with Gasteiger partial charge in [0.15, 0.2) is 0 Å². The van der Waals surface area contributed by atoms with Gasteiger partial charge in [-0.25, -0.2) is 9.78 Å². The van der Waals surface area contributed by atoms with Crippen molar-refractivity contribution in [1.29, 1.82) is 0 Å². The van der Waals surface area contributed by atoms with Crippen molar-refractivity contribution in [2.75, 3.05) is 5.32 Å². The topological polar surface area (TPSA) is 66.9 Å². The van der Waals surface area contributed by atoms with Crippen LogP contribution in [0.1, 0.15) is 16.1 Å². The normalized spacial score (nSPS) is 10.3. The van der Waals surface area contributed by atoms with E-state index < -0.39 is 0 Å². The Morgan fingerprint density at radius 3 is 2.84 bits per heavy atom. The van der Waals surface area contributed by atoms with Gasteiger partial charge in [-0.2, -0.15) is 4.37 Å². The highest BCUT2D eigenvalue weighted by molar-refractivity contribution is 9.10. The lowest BCUT2D eigenvalue weighted by Crippen LogP contribution is -2.28. The zero-order chi connectivity index (χ0) is 13.8. The highest BCUT2D eigenvalue weighted by atomic mass is 79.9. The van der Waals surface area contributed by atoms with E-state index in [0.717, 1.165) is 20.6 Å². The monoisotopic (exact) mass is 340 g/mol. The molecule has 100 valence electrons. The molecule has 0 aliphatic rings. The first-order valence-corrected chi connectivity index (χ1v) is 7.20. The molecule has 2 aromatic heterocycles. The quantitative estimate of drug-likeness (QED) is 0.901. The van der Waals surface area contributed by atoms with E-state index in [1.165, 1.54) is 11.5 Å². The summed E-state index contributed by atoms with van der Waals surface area (Å²) in [5.74, 6) is 0.554. The van der Waals surface area contributed by atoms with Crippen molar-refractivity contribution >= 4 is 39.3 Å². The van der Waals surface area contributed by atoms with Gasteiger partial charge in [-0.05, 0) is 59.0 Å². The summed E-state index contributed by atoms with van der Waals surface area (Å²) in [6.07, 6.45) is 1.71. The molecule has 0 unspecified atom stereocenters. The van der Waals surface area contributed by atoms with Crippen molar-refractivity contribution < 1.29 is 4.79 Å². The molecule has 0 radical (unpaired) electrons. The van der Waals surface area contributed by atoms with Crippen molar-refractivity contribution in [2.45, 2.75) is 20.4 Å². The number of carbonyl (C=O) groups is 1. The van der Waals surface area contributed by atoms with Gasteiger partial charge < -0.3 is 5.32 Å². The van der Waals surface area contributed by atoms with Crippen LogP contribution in [0.4, 0.5) is 10.6 Å². The predicted molar refractivity (Wildman–Crippen MR) is 79.4 cm³/mol. The minimum atomic E-state index is -0.280. The molecule has 0 fully saturated rings. The Kier molecular flexibility index (Phi) is 4.49. The Labute approximate surface area is 123 Å². The van der Waals surface area contributed by atoms with Gasteiger partial charge in [0, 0.05) is 5.69 Å². The number of carbonyl (C=O) groups excluding carboxylic acids is 1. The molecule has 7 heteroatoms. The molecule has 2 rings (SSSR count). The Bertz CT molecular complexity index is 579. The summed E-state index contributed by atoms with van der Waals surface area (Å²) in [4.78, 5) is 17.0. The summed E-state index contributed by atoms with van der Waals surface area (Å²) < 4.78 is 4.92. The van der Waals surface area contributed by atoms with Gasteiger partial charge in [0.1, 0.15) is 5.82 Å². The van der Waals surface area contributed by atoms with E-state index in [1.54, 1.807) is 6.20 Å². The Hall–Kier alpha value is -1.47. The number of urea groups is 1. The number of aromatic nitrogens is 2. The molecule has 19 heavy (non-hydrogen) atoms. The number of pyridine rings is 1. The molecule has 2 amide bonds. The largest absolute Gasteiger partial charge is 0.333 e. The third kappa shape index (κ3) is 4.00. The standard InChI is InChI=1S/C12H13BrN4OS/c1-7-3-8(2)16-11(4-7)17-12(18)14-6-10-9(13)5-15-19-10/h3-5H,6H2,1-2H3,(H2,14,16,17,18). The number of hydrogen-bond acceptors (Lipinski definition) is 4. The lowest BCUT2D eigenvalue weighted by atomic mass is 10.2. The highest BCUT2D eigenvalue weighted by Crippen LogP contribution is 2.19. The number of nitrogens with one attached hydrogen (secondary N) is 2. The second-order valence-electron chi connectivity index (χ2n) is 4.08. The molecule has 2 N–H and O–H groups in total. The van der Waals surface area contributed by atoms with Crippen molar-refractivity contribution in [2.24, 2.45) is 0 Å². The van der Waals surface area contributed by atoms with Gasteiger partial charge in [0.2, 0.25) is 0 Å². The van der Waals surface area contributed by atoms with E-state index in [1.807, 2.05) is 26.0 Å². The van der Waals surface area contributed by atoms with Crippen LogP contribution in [0, 0.1) is 13.8 Å². The summed E-state index contributed by atoms with van der Waals surface area (Å²) in [6, 6.07) is 3.50. The Morgan fingerprint density at radius 2 is 2.21 bits per heavy atom. The second-order valence-corrected chi connectivity index (χ2v) is 5.82. The highest BCUT2D eigenvalue weighted by Gasteiger charge is 2.07. The van der Waals surface area contributed by atoms with Gasteiger partial charge in [-0.3, -0.25) is 5.32 Å². The number of aryl methyl sites for hydroxylation is 2. The SMILES string of the molecule is Cc1cc(C)nc(NC(=O)NCc2sncc2Br)c1. The van der Waals surface area contributed by atoms with Gasteiger partial charge in [0.25, 0.3) is 0 Å². The number of nitrogens with zero attached hydrogens (tertiary/aromatic N) is 2. The van der Waals surface area contributed by atoms with Crippen LogP contribution in [0.15, 0.2) is 22.8 Å². The average Bonchev–Trinajstić information content (AvgIpc) is 2.71. The van der Waals surface area contributed by atoms with E-state index in [4.69, 9.17) is 0 Å². The zero-order valence-electron chi connectivity index (χ0n) is 10.5. The molecule has 2 aromatic rings. The molecule has 0 bridgehead atoms. The van der Waals surface area contributed by atoms with E-state index >= 15 is 0 Å². The summed E-state index contributed by atoms with van der Waals surface area (Å²) in [6.45, 7) is 4.29. The van der Waals surface area contributed by atoms with Crippen molar-refractivity contribution in [3.8, 4) is 0 Å².